The highest BCUT2D eigenvalue weighted by molar-refractivity contribution is 7.12. The summed E-state index contributed by atoms with van der Waals surface area (Å²) in [6.45, 7) is 1.76. The van der Waals surface area contributed by atoms with Crippen molar-refractivity contribution < 1.29 is 4.74 Å². The summed E-state index contributed by atoms with van der Waals surface area (Å²) in [5.74, 6) is 0.803. The van der Waals surface area contributed by atoms with Crippen LogP contribution in [-0.2, 0) is 0 Å². The van der Waals surface area contributed by atoms with E-state index in [0.29, 0.717) is 5.71 Å². The molecule has 2 nitrogen and oxygen atoms in total. The topological polar surface area (TPSA) is 33.1 Å². The van der Waals surface area contributed by atoms with E-state index >= 15 is 0 Å². The van der Waals surface area contributed by atoms with Gasteiger partial charge in [-0.3, -0.25) is 0 Å². The fraction of sp³-hybridized carbons (Fsp3) is 0.286. The second kappa shape index (κ2) is 2.84. The fourth-order valence-corrected chi connectivity index (χ4v) is 1.50. The molecule has 0 aliphatic carbocycles. The lowest BCUT2D eigenvalue weighted by atomic mass is 10.3. The van der Waals surface area contributed by atoms with Crippen LogP contribution in [0.4, 0.5) is 0 Å². The third kappa shape index (κ3) is 1.19. The smallest absolute Gasteiger partial charge is 0.138 e. The number of thiophene rings is 1. The van der Waals surface area contributed by atoms with Crippen LogP contribution in [0.2, 0.25) is 0 Å². The Balaban J connectivity index is 3.01. The zero-order valence-electron chi connectivity index (χ0n) is 5.97. The lowest BCUT2D eigenvalue weighted by Gasteiger charge is -1.97. The van der Waals surface area contributed by atoms with Gasteiger partial charge in [0.1, 0.15) is 5.75 Å². The van der Waals surface area contributed by atoms with Crippen molar-refractivity contribution in [3.63, 3.8) is 0 Å². The van der Waals surface area contributed by atoms with E-state index < -0.39 is 0 Å². The average Bonchev–Trinajstić information content (AvgIpc) is 2.33. The van der Waals surface area contributed by atoms with Gasteiger partial charge in [0.2, 0.25) is 0 Å². The zero-order valence-corrected chi connectivity index (χ0v) is 6.79. The molecule has 0 radical (unpaired) electrons. The van der Waals surface area contributed by atoms with Gasteiger partial charge in [-0.2, -0.15) is 0 Å². The van der Waals surface area contributed by atoms with Gasteiger partial charge in [-0.25, -0.2) is 0 Å². The van der Waals surface area contributed by atoms with Crippen LogP contribution in [0.25, 0.3) is 0 Å². The molecule has 1 N–H and O–H groups in total. The molecule has 0 unspecified atom stereocenters. The number of methoxy groups -OCH3 is 1. The molecule has 0 amide bonds. The molecule has 0 saturated heterocycles. The molecular weight excluding hydrogens is 146 g/mol. The zero-order chi connectivity index (χ0) is 7.56. The Hall–Kier alpha value is -0.830. The van der Waals surface area contributed by atoms with Gasteiger partial charge in [-0.1, -0.05) is 0 Å². The van der Waals surface area contributed by atoms with Gasteiger partial charge >= 0.3 is 0 Å². The summed E-state index contributed by atoms with van der Waals surface area (Å²) in [4.78, 5) is 0.919. The summed E-state index contributed by atoms with van der Waals surface area (Å²) < 4.78 is 5.02. The second-order valence-electron chi connectivity index (χ2n) is 1.94. The lowest BCUT2D eigenvalue weighted by molar-refractivity contribution is 0.416. The third-order valence-corrected chi connectivity index (χ3v) is 2.20. The molecule has 0 atom stereocenters. The minimum Gasteiger partial charge on any atom is -0.495 e. The van der Waals surface area contributed by atoms with Crippen LogP contribution in [-0.4, -0.2) is 12.8 Å². The van der Waals surface area contributed by atoms with Gasteiger partial charge in [-0.15, -0.1) is 11.3 Å². The molecular formula is C7H9NOS. The third-order valence-electron chi connectivity index (χ3n) is 1.19. The van der Waals surface area contributed by atoms with Gasteiger partial charge in [0.25, 0.3) is 0 Å². The molecule has 10 heavy (non-hydrogen) atoms. The number of rotatable bonds is 2. The first-order valence-corrected chi connectivity index (χ1v) is 3.80. The minimum atomic E-state index is 0.562. The van der Waals surface area contributed by atoms with E-state index in [0.717, 1.165) is 10.6 Å². The van der Waals surface area contributed by atoms with Crippen molar-refractivity contribution in [3.05, 3.63) is 16.3 Å². The number of ether oxygens (including phenoxy) is 1. The SMILES string of the molecule is COc1ccsc1C(C)=N. The van der Waals surface area contributed by atoms with Gasteiger partial charge in [0, 0.05) is 5.71 Å². The van der Waals surface area contributed by atoms with E-state index in [9.17, 15) is 0 Å². The molecule has 0 aliphatic rings. The molecule has 0 bridgehead atoms. The van der Waals surface area contributed by atoms with Crippen molar-refractivity contribution in [1.82, 2.24) is 0 Å². The normalized spacial score (nSPS) is 9.40. The Labute approximate surface area is 64.0 Å². The predicted molar refractivity (Wildman–Crippen MR) is 43.4 cm³/mol. The molecule has 1 heterocycles. The van der Waals surface area contributed by atoms with Gasteiger partial charge in [0.05, 0.1) is 12.0 Å². The van der Waals surface area contributed by atoms with E-state index in [1.807, 2.05) is 11.4 Å². The highest BCUT2D eigenvalue weighted by Gasteiger charge is 2.04. The summed E-state index contributed by atoms with van der Waals surface area (Å²) in [6.07, 6.45) is 0. The van der Waals surface area contributed by atoms with Gasteiger partial charge in [-0.05, 0) is 18.4 Å². The number of nitrogens with one attached hydrogen (secondary N) is 1. The van der Waals surface area contributed by atoms with E-state index in [4.69, 9.17) is 10.1 Å². The molecule has 1 aromatic rings. The minimum absolute atomic E-state index is 0.562. The highest BCUT2D eigenvalue weighted by Crippen LogP contribution is 2.24. The van der Waals surface area contributed by atoms with Crippen LogP contribution in [0.1, 0.15) is 11.8 Å². The van der Waals surface area contributed by atoms with E-state index in [1.165, 1.54) is 11.3 Å². The van der Waals surface area contributed by atoms with Crippen LogP contribution in [0, 0.1) is 5.41 Å². The summed E-state index contributed by atoms with van der Waals surface area (Å²) in [5, 5.41) is 9.25. The molecule has 0 fully saturated rings. The van der Waals surface area contributed by atoms with Crippen molar-refractivity contribution in [2.75, 3.05) is 7.11 Å². The number of hydrogen-bond acceptors (Lipinski definition) is 3. The molecule has 0 aliphatic heterocycles. The lowest BCUT2D eigenvalue weighted by Crippen LogP contribution is -1.91. The maximum absolute atomic E-state index is 7.33. The Morgan fingerprint density at radius 2 is 2.40 bits per heavy atom. The molecule has 3 heteroatoms. The largest absolute Gasteiger partial charge is 0.495 e. The van der Waals surface area contributed by atoms with Crippen molar-refractivity contribution in [3.8, 4) is 5.75 Å². The highest BCUT2D eigenvalue weighted by atomic mass is 32.1. The Kier molecular flexibility index (Phi) is 2.06. The van der Waals surface area contributed by atoms with Gasteiger partial charge < -0.3 is 10.1 Å². The van der Waals surface area contributed by atoms with Crippen molar-refractivity contribution in [2.45, 2.75) is 6.92 Å². The quantitative estimate of drug-likeness (QED) is 0.652. The van der Waals surface area contributed by atoms with E-state index in [1.54, 1.807) is 14.0 Å². The Morgan fingerprint density at radius 1 is 1.70 bits per heavy atom. The number of hydrogen-bond donors (Lipinski definition) is 1. The summed E-state index contributed by atoms with van der Waals surface area (Å²) >= 11 is 1.53. The molecule has 0 saturated carbocycles. The van der Waals surface area contributed by atoms with E-state index in [-0.39, 0.29) is 0 Å². The average molecular weight is 155 g/mol. The summed E-state index contributed by atoms with van der Waals surface area (Å²) in [6, 6.07) is 1.87. The Morgan fingerprint density at radius 3 is 2.80 bits per heavy atom. The van der Waals surface area contributed by atoms with Crippen LogP contribution in [0.15, 0.2) is 11.4 Å². The van der Waals surface area contributed by atoms with Crippen molar-refractivity contribution >= 4 is 17.0 Å². The maximum atomic E-state index is 7.33. The van der Waals surface area contributed by atoms with Gasteiger partial charge in [0.15, 0.2) is 0 Å². The fourth-order valence-electron chi connectivity index (χ4n) is 0.732. The van der Waals surface area contributed by atoms with E-state index in [2.05, 4.69) is 0 Å². The molecule has 1 rings (SSSR count). The summed E-state index contributed by atoms with van der Waals surface area (Å²) in [7, 11) is 1.62. The predicted octanol–water partition coefficient (Wildman–Crippen LogP) is 2.14. The first-order chi connectivity index (χ1) is 4.75. The van der Waals surface area contributed by atoms with Crippen LogP contribution in [0.3, 0.4) is 0 Å². The van der Waals surface area contributed by atoms with Crippen molar-refractivity contribution in [1.29, 1.82) is 5.41 Å². The second-order valence-corrected chi connectivity index (χ2v) is 2.86. The van der Waals surface area contributed by atoms with Crippen LogP contribution < -0.4 is 4.74 Å². The molecule has 54 valence electrons. The molecule has 0 aromatic carbocycles. The first kappa shape index (κ1) is 7.28. The van der Waals surface area contributed by atoms with Crippen LogP contribution in [0.5, 0.6) is 5.75 Å². The standard InChI is InChI=1S/C7H9NOS/c1-5(8)7-6(9-2)3-4-10-7/h3-4,8H,1-2H3. The molecule has 1 aromatic heterocycles. The summed E-state index contributed by atoms with van der Waals surface area (Å²) in [5.41, 5.74) is 0.562. The Bertz CT molecular complexity index is 242. The molecule has 0 spiro atoms. The first-order valence-electron chi connectivity index (χ1n) is 2.92. The van der Waals surface area contributed by atoms with Crippen LogP contribution >= 0.6 is 11.3 Å². The maximum Gasteiger partial charge on any atom is 0.138 e. The monoisotopic (exact) mass is 155 g/mol. The van der Waals surface area contributed by atoms with Crippen molar-refractivity contribution in [2.24, 2.45) is 0 Å².